The average molecular weight is 403 g/mol. The molecule has 0 spiro atoms. The first-order chi connectivity index (χ1) is 14.5. The Hall–Kier alpha value is -3.88. The van der Waals surface area contributed by atoms with Gasteiger partial charge in [-0.05, 0) is 31.4 Å². The molecule has 9 heteroatoms. The molecular formula is C21H21N7O2. The van der Waals surface area contributed by atoms with E-state index in [1.807, 2.05) is 12.1 Å². The molecule has 2 aromatic heterocycles. The second-order valence-electron chi connectivity index (χ2n) is 7.59. The molecule has 30 heavy (non-hydrogen) atoms. The highest BCUT2D eigenvalue weighted by molar-refractivity contribution is 6.14. The summed E-state index contributed by atoms with van der Waals surface area (Å²) in [5, 5.41) is 16.0. The number of carbonyl (C=O) groups is 2. The van der Waals surface area contributed by atoms with Crippen molar-refractivity contribution in [2.75, 3.05) is 10.6 Å². The van der Waals surface area contributed by atoms with Crippen molar-refractivity contribution in [3.63, 3.8) is 0 Å². The number of nitrogens with one attached hydrogen (secondary N) is 4. The number of hydrogen-bond acceptors (Lipinski definition) is 6. The van der Waals surface area contributed by atoms with Gasteiger partial charge in [0.25, 0.3) is 5.91 Å². The fourth-order valence-corrected chi connectivity index (χ4v) is 3.36. The lowest BCUT2D eigenvalue weighted by molar-refractivity contribution is -0.115. The van der Waals surface area contributed by atoms with E-state index in [-0.39, 0.29) is 5.70 Å². The number of hydrogen-bond donors (Lipinski definition) is 4. The van der Waals surface area contributed by atoms with E-state index in [2.05, 4.69) is 51.5 Å². The molecule has 1 aliphatic heterocycles. The van der Waals surface area contributed by atoms with Gasteiger partial charge in [0.2, 0.25) is 0 Å². The Morgan fingerprint density at radius 3 is 2.83 bits per heavy atom. The van der Waals surface area contributed by atoms with Crippen molar-refractivity contribution < 1.29 is 9.59 Å². The molecule has 0 unspecified atom stereocenters. The Labute approximate surface area is 172 Å². The maximum absolute atomic E-state index is 11.9. The normalized spacial score (nSPS) is 17.3. The maximum atomic E-state index is 11.9. The third-order valence-corrected chi connectivity index (χ3v) is 5.00. The van der Waals surface area contributed by atoms with Crippen molar-refractivity contribution in [3.05, 3.63) is 58.9 Å². The van der Waals surface area contributed by atoms with Crippen molar-refractivity contribution in [1.82, 2.24) is 25.2 Å². The van der Waals surface area contributed by atoms with Gasteiger partial charge in [0, 0.05) is 24.2 Å². The smallest absolute Gasteiger partial charge is 0.326 e. The highest BCUT2D eigenvalue weighted by Crippen LogP contribution is 2.27. The fourth-order valence-electron chi connectivity index (χ4n) is 3.36. The summed E-state index contributed by atoms with van der Waals surface area (Å²) in [4.78, 5) is 28.0. The molecule has 4 N–H and O–H groups in total. The second kappa shape index (κ2) is 7.18. The monoisotopic (exact) mass is 403 g/mol. The molecule has 1 aliphatic carbocycles. The first-order valence-corrected chi connectivity index (χ1v) is 9.84. The lowest BCUT2D eigenvalue weighted by Crippen LogP contribution is -2.22. The highest BCUT2D eigenvalue weighted by atomic mass is 16.2. The van der Waals surface area contributed by atoms with E-state index in [0.29, 0.717) is 29.6 Å². The van der Waals surface area contributed by atoms with Crippen molar-refractivity contribution in [3.8, 4) is 0 Å². The average Bonchev–Trinajstić information content (AvgIpc) is 3.35. The van der Waals surface area contributed by atoms with Crippen molar-refractivity contribution >= 4 is 35.3 Å². The van der Waals surface area contributed by atoms with E-state index in [0.717, 1.165) is 24.2 Å². The molecule has 152 valence electrons. The summed E-state index contributed by atoms with van der Waals surface area (Å²) in [7, 11) is 0. The van der Waals surface area contributed by atoms with Gasteiger partial charge in [-0.15, -0.1) is 0 Å². The maximum Gasteiger partial charge on any atom is 0.326 e. The molecule has 1 saturated carbocycles. The molecule has 3 aromatic rings. The van der Waals surface area contributed by atoms with Gasteiger partial charge in [-0.2, -0.15) is 9.61 Å². The minimum Gasteiger partial charge on any atom is -0.367 e. The molecule has 3 heterocycles. The number of benzene rings is 1. The van der Waals surface area contributed by atoms with Gasteiger partial charge in [0.15, 0.2) is 5.65 Å². The van der Waals surface area contributed by atoms with Gasteiger partial charge in [-0.1, -0.05) is 29.8 Å². The number of rotatable bonds is 6. The van der Waals surface area contributed by atoms with E-state index >= 15 is 0 Å². The zero-order valence-electron chi connectivity index (χ0n) is 16.4. The van der Waals surface area contributed by atoms with Crippen LogP contribution in [-0.2, 0) is 11.3 Å². The van der Waals surface area contributed by atoms with Crippen molar-refractivity contribution in [2.24, 2.45) is 0 Å². The summed E-state index contributed by atoms with van der Waals surface area (Å²) < 4.78 is 1.72. The number of aromatic nitrogens is 3. The molecule has 5 rings (SSSR count). The van der Waals surface area contributed by atoms with Gasteiger partial charge in [-0.3, -0.25) is 10.1 Å². The largest absolute Gasteiger partial charge is 0.367 e. The van der Waals surface area contributed by atoms with Crippen LogP contribution in [0, 0.1) is 6.92 Å². The van der Waals surface area contributed by atoms with E-state index in [1.54, 1.807) is 16.8 Å². The van der Waals surface area contributed by atoms with Gasteiger partial charge in [0.05, 0.1) is 6.20 Å². The minimum atomic E-state index is -0.535. The van der Waals surface area contributed by atoms with Crippen LogP contribution in [-0.4, -0.2) is 32.6 Å². The molecule has 3 amide bonds. The van der Waals surface area contributed by atoms with E-state index in [9.17, 15) is 9.59 Å². The topological polar surface area (TPSA) is 112 Å². The molecule has 2 fully saturated rings. The lowest BCUT2D eigenvalue weighted by atomic mass is 10.1. The van der Waals surface area contributed by atoms with Crippen LogP contribution in [0.15, 0.2) is 42.2 Å². The van der Waals surface area contributed by atoms with Crippen molar-refractivity contribution in [1.29, 1.82) is 0 Å². The number of anilines is 2. The Kier molecular flexibility index (Phi) is 4.35. The van der Waals surface area contributed by atoms with Crippen LogP contribution in [0.5, 0.6) is 0 Å². The Morgan fingerprint density at radius 2 is 2.10 bits per heavy atom. The van der Waals surface area contributed by atoms with Crippen LogP contribution in [0.2, 0.25) is 0 Å². The van der Waals surface area contributed by atoms with Crippen molar-refractivity contribution in [2.45, 2.75) is 32.4 Å². The molecule has 0 atom stereocenters. The number of carbonyl (C=O) groups excluding carboxylic acids is 2. The van der Waals surface area contributed by atoms with Crippen LogP contribution >= 0.6 is 0 Å². The summed E-state index contributed by atoms with van der Waals surface area (Å²) in [6, 6.07) is 10.1. The SMILES string of the molecule is Cc1cccc(CNc2cc(NC3CC3)n3ncc(/C=C4\NC(=O)NC4=O)c3n2)c1. The first-order valence-electron chi connectivity index (χ1n) is 9.84. The minimum absolute atomic E-state index is 0.173. The number of amides is 3. The number of urea groups is 1. The van der Waals surface area contributed by atoms with Crippen LogP contribution in [0.3, 0.4) is 0 Å². The molecule has 9 nitrogen and oxygen atoms in total. The zero-order valence-corrected chi connectivity index (χ0v) is 16.4. The summed E-state index contributed by atoms with van der Waals surface area (Å²) in [6.45, 7) is 2.70. The Morgan fingerprint density at radius 1 is 1.23 bits per heavy atom. The first kappa shape index (κ1) is 18.2. The summed E-state index contributed by atoms with van der Waals surface area (Å²) >= 11 is 0. The molecule has 0 bridgehead atoms. The van der Waals surface area contributed by atoms with E-state index in [4.69, 9.17) is 4.98 Å². The van der Waals surface area contributed by atoms with Gasteiger partial charge < -0.3 is 16.0 Å². The fraction of sp³-hybridized carbons (Fsp3) is 0.238. The van der Waals surface area contributed by atoms with E-state index in [1.165, 1.54) is 5.56 Å². The molecular weight excluding hydrogens is 382 g/mol. The predicted molar refractivity (Wildman–Crippen MR) is 113 cm³/mol. The highest BCUT2D eigenvalue weighted by Gasteiger charge is 2.25. The summed E-state index contributed by atoms with van der Waals surface area (Å²) in [5.41, 5.74) is 3.77. The number of nitrogens with zero attached hydrogens (tertiary/aromatic N) is 3. The van der Waals surface area contributed by atoms with Gasteiger partial charge >= 0.3 is 6.03 Å². The molecule has 0 radical (unpaired) electrons. The molecule has 1 saturated heterocycles. The zero-order chi connectivity index (χ0) is 20.7. The Balaban J connectivity index is 1.50. The quantitative estimate of drug-likeness (QED) is 0.371. The van der Waals surface area contributed by atoms with Crippen LogP contribution in [0.4, 0.5) is 16.4 Å². The summed E-state index contributed by atoms with van der Waals surface area (Å²) in [5.74, 6) is 1.07. The number of aryl methyl sites for hydroxylation is 1. The third-order valence-electron chi connectivity index (χ3n) is 5.00. The lowest BCUT2D eigenvalue weighted by Gasteiger charge is -2.12. The Bertz CT molecular complexity index is 1190. The number of fused-ring (bicyclic) bond motifs is 1. The number of imide groups is 1. The predicted octanol–water partition coefficient (Wildman–Crippen LogP) is 2.40. The van der Waals surface area contributed by atoms with Crippen LogP contribution in [0.25, 0.3) is 11.7 Å². The standard InChI is InChI=1S/C21H21N7O2/c1-12-3-2-4-13(7-12)10-22-17-9-18(24-15-5-6-15)28-19(26-17)14(11-23-28)8-16-20(29)27-21(30)25-16/h2-4,7-9,11,15,24H,5-6,10H2,1H3,(H,22,26)(H2,25,27,29,30)/b16-8-. The second-order valence-corrected chi connectivity index (χ2v) is 7.59. The van der Waals surface area contributed by atoms with Gasteiger partial charge in [0.1, 0.15) is 17.3 Å². The van der Waals surface area contributed by atoms with Gasteiger partial charge in [-0.25, -0.2) is 9.78 Å². The summed E-state index contributed by atoms with van der Waals surface area (Å²) in [6.07, 6.45) is 5.47. The third kappa shape index (κ3) is 3.69. The molecule has 1 aromatic carbocycles. The van der Waals surface area contributed by atoms with Crippen LogP contribution in [0.1, 0.15) is 29.5 Å². The van der Waals surface area contributed by atoms with E-state index < -0.39 is 11.9 Å². The van der Waals surface area contributed by atoms with Crippen LogP contribution < -0.4 is 21.3 Å². The molecule has 2 aliphatic rings.